The van der Waals surface area contributed by atoms with E-state index in [1.807, 2.05) is 0 Å². The third-order valence-electron chi connectivity index (χ3n) is 3.06. The first kappa shape index (κ1) is 15.1. The molecule has 0 spiro atoms. The van der Waals surface area contributed by atoms with E-state index in [1.54, 1.807) is 6.92 Å². The van der Waals surface area contributed by atoms with Gasteiger partial charge >= 0.3 is 6.36 Å². The van der Waals surface area contributed by atoms with Gasteiger partial charge in [-0.15, -0.1) is 13.2 Å². The van der Waals surface area contributed by atoms with Crippen LogP contribution in [0.3, 0.4) is 0 Å². The van der Waals surface area contributed by atoms with E-state index in [9.17, 15) is 21.6 Å². The van der Waals surface area contributed by atoms with E-state index >= 15 is 0 Å². The Balaban J connectivity index is 2.53. The number of nitrogens with one attached hydrogen (secondary N) is 1. The van der Waals surface area contributed by atoms with Crippen molar-refractivity contribution in [3.63, 3.8) is 0 Å². The zero-order valence-corrected chi connectivity index (χ0v) is 11.2. The average molecular weight is 311 g/mol. The number of hydrogen-bond acceptors (Lipinski definition) is 4. The van der Waals surface area contributed by atoms with E-state index in [4.69, 9.17) is 4.55 Å². The quantitative estimate of drug-likeness (QED) is 0.833. The topological polar surface area (TPSA) is 75.6 Å². The Morgan fingerprint density at radius 2 is 1.95 bits per heavy atom. The first-order valence-electron chi connectivity index (χ1n) is 5.66. The Morgan fingerprint density at radius 3 is 2.35 bits per heavy atom. The number of rotatable bonds is 3. The van der Waals surface area contributed by atoms with E-state index < -0.39 is 27.1 Å². The van der Waals surface area contributed by atoms with Crippen LogP contribution in [0.25, 0.3) is 0 Å². The molecule has 2 rings (SSSR count). The summed E-state index contributed by atoms with van der Waals surface area (Å²) in [5.74, 6) is -0.913. The Bertz CT molecular complexity index is 623. The molecule has 20 heavy (non-hydrogen) atoms. The van der Waals surface area contributed by atoms with Gasteiger partial charge in [0.1, 0.15) is 4.90 Å². The van der Waals surface area contributed by atoms with Gasteiger partial charge in [0.15, 0.2) is 5.75 Å². The summed E-state index contributed by atoms with van der Waals surface area (Å²) >= 11 is 0. The molecule has 0 aromatic heterocycles. The van der Waals surface area contributed by atoms with E-state index in [1.165, 1.54) is 0 Å². The summed E-state index contributed by atoms with van der Waals surface area (Å²) in [7, 11) is -4.81. The minimum atomic E-state index is -5.04. The van der Waals surface area contributed by atoms with Crippen molar-refractivity contribution in [2.24, 2.45) is 0 Å². The van der Waals surface area contributed by atoms with Crippen molar-refractivity contribution in [2.75, 3.05) is 13.1 Å². The Morgan fingerprint density at radius 1 is 1.35 bits per heavy atom. The standard InChI is InChI=1S/C11H12F3NO4S/c1-6-2-9(19-11(12,13)14)10(20(16,17)18)3-8(6)7-4-15-5-7/h2-3,7,15H,4-5H2,1H3,(H,16,17,18). The maximum Gasteiger partial charge on any atom is 0.573 e. The summed E-state index contributed by atoms with van der Waals surface area (Å²) in [6, 6.07) is 2.02. The molecule has 1 aliphatic rings. The van der Waals surface area contributed by atoms with E-state index in [-0.39, 0.29) is 5.92 Å². The second kappa shape index (κ2) is 4.90. The van der Waals surface area contributed by atoms with Gasteiger partial charge < -0.3 is 10.1 Å². The highest BCUT2D eigenvalue weighted by Gasteiger charge is 2.35. The lowest BCUT2D eigenvalue weighted by molar-refractivity contribution is -0.275. The molecule has 1 heterocycles. The molecule has 0 amide bonds. The van der Waals surface area contributed by atoms with Gasteiger partial charge in [-0.05, 0) is 30.2 Å². The molecule has 1 aliphatic heterocycles. The Labute approximate surface area is 113 Å². The summed E-state index contributed by atoms with van der Waals surface area (Å²) < 4.78 is 72.0. The minimum Gasteiger partial charge on any atom is -0.404 e. The highest BCUT2D eigenvalue weighted by molar-refractivity contribution is 7.86. The van der Waals surface area contributed by atoms with Gasteiger partial charge in [0.2, 0.25) is 0 Å². The van der Waals surface area contributed by atoms with Crippen LogP contribution in [-0.4, -0.2) is 32.4 Å². The zero-order chi connectivity index (χ0) is 15.1. The van der Waals surface area contributed by atoms with Gasteiger partial charge in [-0.25, -0.2) is 0 Å². The van der Waals surface area contributed by atoms with Crippen LogP contribution < -0.4 is 10.1 Å². The molecular formula is C11H12F3NO4S. The largest absolute Gasteiger partial charge is 0.573 e. The molecule has 1 aromatic carbocycles. The van der Waals surface area contributed by atoms with Crippen molar-refractivity contribution < 1.29 is 30.9 Å². The lowest BCUT2D eigenvalue weighted by atomic mass is 9.90. The molecule has 2 N–H and O–H groups in total. The molecule has 0 atom stereocenters. The van der Waals surface area contributed by atoms with Crippen molar-refractivity contribution in [3.05, 3.63) is 23.3 Å². The molecule has 0 unspecified atom stereocenters. The molecule has 0 aliphatic carbocycles. The minimum absolute atomic E-state index is 0.00966. The number of halogens is 3. The predicted octanol–water partition coefficient (Wildman–Crippen LogP) is 1.83. The molecule has 0 saturated carbocycles. The highest BCUT2D eigenvalue weighted by Crippen LogP contribution is 2.35. The van der Waals surface area contributed by atoms with Gasteiger partial charge in [0.05, 0.1) is 0 Å². The number of ether oxygens (including phenoxy) is 1. The molecule has 5 nitrogen and oxygen atoms in total. The summed E-state index contributed by atoms with van der Waals surface area (Å²) in [5.41, 5.74) is 1.05. The van der Waals surface area contributed by atoms with Crippen LogP contribution in [0.2, 0.25) is 0 Å². The lowest BCUT2D eigenvalue weighted by Crippen LogP contribution is -2.40. The molecule has 1 aromatic rings. The molecule has 1 saturated heterocycles. The first-order chi connectivity index (χ1) is 9.08. The van der Waals surface area contributed by atoms with Gasteiger partial charge in [0, 0.05) is 19.0 Å². The van der Waals surface area contributed by atoms with E-state index in [0.717, 1.165) is 12.1 Å². The maximum absolute atomic E-state index is 12.3. The Hall–Kier alpha value is -1.32. The number of alkyl halides is 3. The Kier molecular flexibility index (Phi) is 3.69. The number of aryl methyl sites for hydroxylation is 1. The zero-order valence-electron chi connectivity index (χ0n) is 10.4. The fourth-order valence-corrected chi connectivity index (χ4v) is 2.66. The number of benzene rings is 1. The molecule has 0 radical (unpaired) electrons. The smallest absolute Gasteiger partial charge is 0.404 e. The number of hydrogen-bond donors (Lipinski definition) is 2. The van der Waals surface area contributed by atoms with Crippen molar-refractivity contribution in [3.8, 4) is 5.75 Å². The fraction of sp³-hybridized carbons (Fsp3) is 0.455. The van der Waals surface area contributed by atoms with Crippen LogP contribution in [0.5, 0.6) is 5.75 Å². The van der Waals surface area contributed by atoms with Crippen LogP contribution in [0.15, 0.2) is 17.0 Å². The molecule has 1 fully saturated rings. The predicted molar refractivity (Wildman–Crippen MR) is 63.3 cm³/mol. The van der Waals surface area contributed by atoms with Gasteiger partial charge in [-0.2, -0.15) is 8.42 Å². The van der Waals surface area contributed by atoms with Crippen LogP contribution in [0.4, 0.5) is 13.2 Å². The van der Waals surface area contributed by atoms with Crippen molar-refractivity contribution in [1.82, 2.24) is 5.32 Å². The van der Waals surface area contributed by atoms with Crippen LogP contribution in [0.1, 0.15) is 17.0 Å². The summed E-state index contributed by atoms with van der Waals surface area (Å²) in [5, 5.41) is 2.97. The van der Waals surface area contributed by atoms with Crippen molar-refractivity contribution in [1.29, 1.82) is 0 Å². The fourth-order valence-electron chi connectivity index (χ4n) is 2.03. The monoisotopic (exact) mass is 311 g/mol. The van der Waals surface area contributed by atoms with Crippen LogP contribution in [0, 0.1) is 6.92 Å². The average Bonchev–Trinajstić information content (AvgIpc) is 2.14. The summed E-state index contributed by atoms with van der Waals surface area (Å²) in [4.78, 5) is -0.873. The molecule has 9 heteroatoms. The van der Waals surface area contributed by atoms with Crippen LogP contribution in [-0.2, 0) is 10.1 Å². The normalized spacial score (nSPS) is 16.9. The SMILES string of the molecule is Cc1cc(OC(F)(F)F)c(S(=O)(=O)O)cc1C1CNC1. The maximum atomic E-state index is 12.3. The van der Waals surface area contributed by atoms with Crippen molar-refractivity contribution >= 4 is 10.1 Å². The second-order valence-corrected chi connectivity index (χ2v) is 5.92. The summed E-state index contributed by atoms with van der Waals surface area (Å²) in [6.07, 6.45) is -5.04. The third kappa shape index (κ3) is 3.22. The van der Waals surface area contributed by atoms with Gasteiger partial charge in [-0.3, -0.25) is 4.55 Å². The van der Waals surface area contributed by atoms with Gasteiger partial charge in [-0.1, -0.05) is 0 Å². The third-order valence-corrected chi connectivity index (χ3v) is 3.93. The van der Waals surface area contributed by atoms with E-state index in [2.05, 4.69) is 10.1 Å². The lowest BCUT2D eigenvalue weighted by Gasteiger charge is -2.29. The highest BCUT2D eigenvalue weighted by atomic mass is 32.2. The first-order valence-corrected chi connectivity index (χ1v) is 7.10. The second-order valence-electron chi connectivity index (χ2n) is 4.53. The van der Waals surface area contributed by atoms with E-state index in [0.29, 0.717) is 24.2 Å². The van der Waals surface area contributed by atoms with Gasteiger partial charge in [0.25, 0.3) is 10.1 Å². The van der Waals surface area contributed by atoms with Crippen molar-refractivity contribution in [2.45, 2.75) is 24.1 Å². The molecule has 0 bridgehead atoms. The summed E-state index contributed by atoms with van der Waals surface area (Å²) in [6.45, 7) is 2.77. The molecular weight excluding hydrogens is 299 g/mol. The molecule has 112 valence electrons. The van der Waals surface area contributed by atoms with Crippen LogP contribution >= 0.6 is 0 Å².